The summed E-state index contributed by atoms with van der Waals surface area (Å²) >= 11 is 0. The van der Waals surface area contributed by atoms with E-state index in [1.165, 1.54) is 191 Å². The fourth-order valence-electron chi connectivity index (χ4n) is 8.88. The van der Waals surface area contributed by atoms with E-state index in [4.69, 9.17) is 9.47 Å². The van der Waals surface area contributed by atoms with Crippen LogP contribution in [0.15, 0.2) is 0 Å². The molecular formula is C51H101NO9. The number of likely N-dealkylation sites (N-methyl/N-ethyl adjacent to an activating group) is 1. The van der Waals surface area contributed by atoms with Gasteiger partial charge in [0.15, 0.2) is 6.29 Å². The maximum atomic E-state index is 13.4. The molecule has 1 saturated heterocycles. The number of amides is 1. The van der Waals surface area contributed by atoms with Crippen molar-refractivity contribution in [3.8, 4) is 0 Å². The minimum Gasteiger partial charge on any atom is -0.394 e. The average molecular weight is 872 g/mol. The van der Waals surface area contributed by atoms with Gasteiger partial charge in [0.2, 0.25) is 5.91 Å². The molecule has 0 aromatic heterocycles. The molecule has 0 bridgehead atoms. The highest BCUT2D eigenvalue weighted by Gasteiger charge is 2.45. The topological polar surface area (TPSA) is 160 Å². The molecule has 61 heavy (non-hydrogen) atoms. The monoisotopic (exact) mass is 872 g/mol. The highest BCUT2D eigenvalue weighted by molar-refractivity contribution is 5.76. The Hall–Kier alpha value is -0.850. The molecule has 0 aromatic carbocycles. The van der Waals surface area contributed by atoms with Crippen LogP contribution in [0, 0.1) is 0 Å². The summed E-state index contributed by atoms with van der Waals surface area (Å²) < 4.78 is 11.3. The van der Waals surface area contributed by atoms with E-state index in [-0.39, 0.29) is 12.5 Å². The molecule has 8 atom stereocenters. The summed E-state index contributed by atoms with van der Waals surface area (Å²) in [5.41, 5.74) is 0. The van der Waals surface area contributed by atoms with Crippen LogP contribution in [0.25, 0.3) is 0 Å². The summed E-state index contributed by atoms with van der Waals surface area (Å²) in [5, 5.41) is 63.0. The molecule has 10 heteroatoms. The lowest BCUT2D eigenvalue weighted by atomic mass is 9.97. The molecule has 6 N–H and O–H groups in total. The zero-order valence-corrected chi connectivity index (χ0v) is 40.1. The first-order valence-electron chi connectivity index (χ1n) is 26.2. The number of carbonyl (C=O) groups is 1. The van der Waals surface area contributed by atoms with Gasteiger partial charge in [0, 0.05) is 13.5 Å². The SMILES string of the molecule is CCCCCCCCCCCCCCCCCCCCCCCCCC(=O)N(C)[C@@H](CO[C@H]1O[C@H](CO)[C@H](O)[C@H](O)[C@H]1O)[C@H](O)[C@H](O)CCCCCCCCCCCCCC. The highest BCUT2D eigenvalue weighted by Crippen LogP contribution is 2.24. The highest BCUT2D eigenvalue weighted by atomic mass is 16.7. The van der Waals surface area contributed by atoms with Crippen LogP contribution in [-0.4, -0.2) is 111 Å². The second-order valence-corrected chi connectivity index (χ2v) is 18.9. The van der Waals surface area contributed by atoms with E-state index >= 15 is 0 Å². The molecule has 364 valence electrons. The Bertz CT molecular complexity index is 957. The molecule has 1 fully saturated rings. The van der Waals surface area contributed by atoms with Crippen LogP contribution in [0.2, 0.25) is 0 Å². The van der Waals surface area contributed by atoms with Crippen LogP contribution < -0.4 is 0 Å². The Balaban J connectivity index is 2.33. The number of aliphatic hydroxyl groups is 6. The van der Waals surface area contributed by atoms with Gasteiger partial charge in [-0.2, -0.15) is 0 Å². The van der Waals surface area contributed by atoms with Gasteiger partial charge in [0.1, 0.15) is 30.5 Å². The van der Waals surface area contributed by atoms with E-state index in [0.717, 1.165) is 38.5 Å². The third-order valence-corrected chi connectivity index (χ3v) is 13.3. The number of hydrogen-bond acceptors (Lipinski definition) is 9. The first-order valence-corrected chi connectivity index (χ1v) is 26.2. The maximum absolute atomic E-state index is 13.4. The molecule has 1 amide bonds. The minimum absolute atomic E-state index is 0.164. The Morgan fingerprint density at radius 3 is 1.23 bits per heavy atom. The van der Waals surface area contributed by atoms with Crippen LogP contribution >= 0.6 is 0 Å². The number of rotatable bonds is 44. The summed E-state index contributed by atoms with van der Waals surface area (Å²) in [5.74, 6) is -0.164. The Morgan fingerprint density at radius 1 is 0.525 bits per heavy atom. The van der Waals surface area contributed by atoms with Crippen molar-refractivity contribution < 1.29 is 44.9 Å². The number of aliphatic hydroxyl groups excluding tert-OH is 6. The van der Waals surface area contributed by atoms with E-state index in [1.54, 1.807) is 7.05 Å². The van der Waals surface area contributed by atoms with Crippen molar-refractivity contribution >= 4 is 5.91 Å². The van der Waals surface area contributed by atoms with Crippen molar-refractivity contribution in [3.05, 3.63) is 0 Å². The van der Waals surface area contributed by atoms with E-state index < -0.39 is 55.6 Å². The van der Waals surface area contributed by atoms with E-state index in [0.29, 0.717) is 12.8 Å². The molecule has 0 spiro atoms. The molecule has 0 aliphatic carbocycles. The van der Waals surface area contributed by atoms with Crippen molar-refractivity contribution in [3.63, 3.8) is 0 Å². The molecular weight excluding hydrogens is 771 g/mol. The molecule has 1 aliphatic rings. The van der Waals surface area contributed by atoms with Gasteiger partial charge in [0.25, 0.3) is 0 Å². The summed E-state index contributed by atoms with van der Waals surface area (Å²) in [7, 11) is 1.60. The Kier molecular flexibility index (Phi) is 38.8. The minimum atomic E-state index is -1.60. The van der Waals surface area contributed by atoms with Crippen LogP contribution in [0.4, 0.5) is 0 Å². The Labute approximate surface area is 375 Å². The number of carbonyl (C=O) groups excluding carboxylic acids is 1. The molecule has 0 saturated carbocycles. The lowest BCUT2D eigenvalue weighted by Crippen LogP contribution is -2.60. The van der Waals surface area contributed by atoms with Gasteiger partial charge < -0.3 is 45.0 Å². The first-order chi connectivity index (χ1) is 29.7. The largest absolute Gasteiger partial charge is 0.394 e. The fraction of sp³-hybridized carbons (Fsp3) is 0.980. The second-order valence-electron chi connectivity index (χ2n) is 18.9. The van der Waals surface area contributed by atoms with Gasteiger partial charge >= 0.3 is 0 Å². The summed E-state index contributed by atoms with van der Waals surface area (Å²) in [4.78, 5) is 14.8. The van der Waals surface area contributed by atoms with Crippen LogP contribution in [0.5, 0.6) is 0 Å². The molecule has 1 rings (SSSR count). The average Bonchev–Trinajstić information content (AvgIpc) is 3.26. The molecule has 1 aliphatic heterocycles. The number of unbranched alkanes of at least 4 members (excludes halogenated alkanes) is 33. The zero-order valence-electron chi connectivity index (χ0n) is 40.1. The number of nitrogens with zero attached hydrogens (tertiary/aromatic N) is 1. The Morgan fingerprint density at radius 2 is 0.869 bits per heavy atom. The predicted molar refractivity (Wildman–Crippen MR) is 250 cm³/mol. The van der Waals surface area contributed by atoms with Crippen molar-refractivity contribution in [1.82, 2.24) is 4.90 Å². The van der Waals surface area contributed by atoms with Crippen molar-refractivity contribution in [1.29, 1.82) is 0 Å². The summed E-state index contributed by atoms with van der Waals surface area (Å²) in [6.45, 7) is 3.66. The van der Waals surface area contributed by atoms with Crippen LogP contribution in [0.3, 0.4) is 0 Å². The second kappa shape index (κ2) is 40.6. The summed E-state index contributed by atoms with van der Waals surface area (Å²) in [6, 6.07) is -0.934. The van der Waals surface area contributed by atoms with Gasteiger partial charge in [-0.25, -0.2) is 0 Å². The van der Waals surface area contributed by atoms with Gasteiger partial charge in [-0.15, -0.1) is 0 Å². The van der Waals surface area contributed by atoms with Crippen LogP contribution in [0.1, 0.15) is 251 Å². The first kappa shape index (κ1) is 58.2. The third-order valence-electron chi connectivity index (χ3n) is 13.3. The van der Waals surface area contributed by atoms with Crippen molar-refractivity contribution in [2.45, 2.75) is 300 Å². The molecule has 1 heterocycles. The van der Waals surface area contributed by atoms with Gasteiger partial charge in [0.05, 0.1) is 25.4 Å². The third kappa shape index (κ3) is 29.3. The molecule has 0 radical (unpaired) electrons. The van der Waals surface area contributed by atoms with Crippen molar-refractivity contribution in [2.24, 2.45) is 0 Å². The predicted octanol–water partition coefficient (Wildman–Crippen LogP) is 10.8. The van der Waals surface area contributed by atoms with Gasteiger partial charge in [-0.3, -0.25) is 4.79 Å². The lowest BCUT2D eigenvalue weighted by Gasteiger charge is -2.41. The van der Waals surface area contributed by atoms with E-state index in [2.05, 4.69) is 13.8 Å². The van der Waals surface area contributed by atoms with E-state index in [1.807, 2.05) is 0 Å². The van der Waals surface area contributed by atoms with E-state index in [9.17, 15) is 35.4 Å². The lowest BCUT2D eigenvalue weighted by molar-refractivity contribution is -0.304. The molecule has 10 nitrogen and oxygen atoms in total. The number of hydrogen-bond donors (Lipinski definition) is 6. The smallest absolute Gasteiger partial charge is 0.222 e. The maximum Gasteiger partial charge on any atom is 0.222 e. The number of ether oxygens (including phenoxy) is 2. The van der Waals surface area contributed by atoms with Gasteiger partial charge in [-0.1, -0.05) is 232 Å². The quantitative estimate of drug-likeness (QED) is 0.0328. The van der Waals surface area contributed by atoms with Crippen molar-refractivity contribution in [2.75, 3.05) is 20.3 Å². The zero-order chi connectivity index (χ0) is 44.8. The molecule has 0 aromatic rings. The normalized spacial score (nSPS) is 20.8. The summed E-state index contributed by atoms with van der Waals surface area (Å²) in [6.07, 6.45) is 35.6. The fourth-order valence-corrected chi connectivity index (χ4v) is 8.88. The van der Waals surface area contributed by atoms with Crippen LogP contribution in [-0.2, 0) is 14.3 Å². The van der Waals surface area contributed by atoms with Gasteiger partial charge in [-0.05, 0) is 12.8 Å². The molecule has 0 unspecified atom stereocenters. The standard InChI is InChI=1S/C51H101NO9/c1-4-6-8-10-12-14-16-18-19-20-21-22-23-24-25-26-27-28-30-32-34-36-38-40-46(55)52(3)43(42-60-51-50(59)49(58)48(57)45(41-53)61-51)47(56)44(54)39-37-35-33-31-29-17-15-13-11-9-7-5-2/h43-45,47-51,53-54,56-59H,4-42H2,1-3H3/t43-,44+,45+,47-,48-,49-,50+,51-/m0/s1.